The van der Waals surface area contributed by atoms with Gasteiger partial charge in [-0.2, -0.15) is 0 Å². The Hall–Kier alpha value is -3.07. The molecule has 2 aromatic rings. The Morgan fingerprint density at radius 2 is 1.73 bits per heavy atom. The lowest BCUT2D eigenvalue weighted by Crippen LogP contribution is -2.45. The van der Waals surface area contributed by atoms with Crippen LogP contribution in [0.1, 0.15) is 53.6 Å². The van der Waals surface area contributed by atoms with Crippen LogP contribution in [-0.4, -0.2) is 40.1 Å². The molecule has 0 atom stereocenters. The zero-order chi connectivity index (χ0) is 23.8. The molecule has 8 nitrogen and oxygen atoms in total. The molecule has 3 amide bonds. The zero-order valence-electron chi connectivity index (χ0n) is 19.0. The van der Waals surface area contributed by atoms with Crippen LogP contribution in [0.25, 0.3) is 0 Å². The van der Waals surface area contributed by atoms with Gasteiger partial charge in [-0.05, 0) is 56.0 Å². The molecule has 0 radical (unpaired) electrons. The van der Waals surface area contributed by atoms with Crippen LogP contribution in [0.15, 0.2) is 47.4 Å². The van der Waals surface area contributed by atoms with Gasteiger partial charge in [0.25, 0.3) is 15.9 Å². The molecule has 0 aromatic heterocycles. The van der Waals surface area contributed by atoms with Crippen LogP contribution < -0.4 is 20.1 Å². The molecule has 0 spiro atoms. The minimum Gasteiger partial charge on any atom is -0.496 e. The van der Waals surface area contributed by atoms with E-state index in [0.29, 0.717) is 24.3 Å². The van der Waals surface area contributed by atoms with Crippen molar-refractivity contribution in [3.05, 3.63) is 59.2 Å². The highest BCUT2D eigenvalue weighted by Crippen LogP contribution is 2.20. The van der Waals surface area contributed by atoms with Crippen molar-refractivity contribution in [3.63, 3.8) is 0 Å². The normalized spacial score (nSPS) is 14.4. The monoisotopic (exact) mass is 473 g/mol. The maximum atomic E-state index is 12.5. The molecule has 33 heavy (non-hydrogen) atoms. The summed E-state index contributed by atoms with van der Waals surface area (Å²) in [4.78, 5) is 24.6. The van der Waals surface area contributed by atoms with E-state index in [2.05, 4.69) is 15.4 Å². The van der Waals surface area contributed by atoms with Crippen LogP contribution >= 0.6 is 0 Å². The average molecular weight is 474 g/mol. The molecule has 0 unspecified atom stereocenters. The van der Waals surface area contributed by atoms with Crippen LogP contribution in [0.4, 0.5) is 4.79 Å². The van der Waals surface area contributed by atoms with Crippen LogP contribution in [0.3, 0.4) is 0 Å². The number of carbonyl (C=O) groups excluding carboxylic acids is 2. The minimum absolute atomic E-state index is 0.0126. The standard InChI is InChI=1S/C24H31N3O5S/c1-17-8-13-22(32-2)21(16-17)23(28)25-15-14-18-9-11-20(12-10-18)33(30,31)27-24(29)26-19-6-4-3-5-7-19/h8-13,16,19H,3-7,14-15H2,1-2H3,(H,25,28)(H2,26,27,29). The fraction of sp³-hybridized carbons (Fsp3) is 0.417. The summed E-state index contributed by atoms with van der Waals surface area (Å²) in [7, 11) is -2.44. The largest absolute Gasteiger partial charge is 0.496 e. The SMILES string of the molecule is COc1ccc(C)cc1C(=O)NCCc1ccc(S(=O)(=O)NC(=O)NC2CCCCC2)cc1. The number of aryl methyl sites for hydroxylation is 1. The number of benzene rings is 2. The number of methoxy groups -OCH3 is 1. The molecule has 1 fully saturated rings. The molecule has 0 aliphatic heterocycles. The van der Waals surface area contributed by atoms with Gasteiger partial charge >= 0.3 is 6.03 Å². The fourth-order valence-corrected chi connectivity index (χ4v) is 4.81. The van der Waals surface area contributed by atoms with E-state index in [4.69, 9.17) is 4.74 Å². The first-order valence-electron chi connectivity index (χ1n) is 11.1. The molecular weight excluding hydrogens is 442 g/mol. The lowest BCUT2D eigenvalue weighted by Gasteiger charge is -2.22. The Bertz CT molecular complexity index is 1080. The Labute approximate surface area is 195 Å². The Morgan fingerprint density at radius 3 is 2.39 bits per heavy atom. The van der Waals surface area contributed by atoms with Gasteiger partial charge in [-0.25, -0.2) is 17.9 Å². The summed E-state index contributed by atoms with van der Waals surface area (Å²) >= 11 is 0. The predicted molar refractivity (Wildman–Crippen MR) is 126 cm³/mol. The first kappa shape index (κ1) is 24.6. The maximum Gasteiger partial charge on any atom is 0.328 e. The molecule has 2 aromatic carbocycles. The smallest absolute Gasteiger partial charge is 0.328 e. The van der Waals surface area contributed by atoms with Crippen LogP contribution in [0.5, 0.6) is 5.75 Å². The van der Waals surface area contributed by atoms with Crippen molar-refractivity contribution in [2.75, 3.05) is 13.7 Å². The number of hydrogen-bond acceptors (Lipinski definition) is 5. The second kappa shape index (κ2) is 11.2. The molecular formula is C24H31N3O5S. The topological polar surface area (TPSA) is 114 Å². The summed E-state index contributed by atoms with van der Waals surface area (Å²) in [6, 6.07) is 11.0. The number of carbonyl (C=O) groups is 2. The highest BCUT2D eigenvalue weighted by atomic mass is 32.2. The van der Waals surface area contributed by atoms with Crippen molar-refractivity contribution in [3.8, 4) is 5.75 Å². The summed E-state index contributed by atoms with van der Waals surface area (Å²) in [6.07, 6.45) is 5.49. The summed E-state index contributed by atoms with van der Waals surface area (Å²) < 4.78 is 32.3. The van der Waals surface area contributed by atoms with Gasteiger partial charge in [0.1, 0.15) is 5.75 Å². The third kappa shape index (κ3) is 6.95. The number of ether oxygens (including phenoxy) is 1. The summed E-state index contributed by atoms with van der Waals surface area (Å²) in [6.45, 7) is 2.28. The minimum atomic E-state index is -3.95. The van der Waals surface area contributed by atoms with E-state index in [1.807, 2.05) is 13.0 Å². The number of urea groups is 1. The van der Waals surface area contributed by atoms with Gasteiger partial charge in [0.2, 0.25) is 0 Å². The van der Waals surface area contributed by atoms with E-state index >= 15 is 0 Å². The van der Waals surface area contributed by atoms with Gasteiger partial charge in [-0.15, -0.1) is 0 Å². The molecule has 1 saturated carbocycles. The lowest BCUT2D eigenvalue weighted by molar-refractivity contribution is 0.0951. The van der Waals surface area contributed by atoms with Crippen LogP contribution in [0, 0.1) is 6.92 Å². The fourth-order valence-electron chi connectivity index (χ4n) is 3.89. The number of rotatable bonds is 8. The third-order valence-electron chi connectivity index (χ3n) is 5.70. The second-order valence-corrected chi connectivity index (χ2v) is 9.95. The van der Waals surface area contributed by atoms with Crippen molar-refractivity contribution in [2.24, 2.45) is 0 Å². The molecule has 1 aliphatic rings. The molecule has 0 saturated heterocycles. The van der Waals surface area contributed by atoms with Gasteiger partial charge in [0, 0.05) is 12.6 Å². The van der Waals surface area contributed by atoms with Gasteiger partial charge in [0.15, 0.2) is 0 Å². The van der Waals surface area contributed by atoms with Crippen molar-refractivity contribution in [2.45, 2.75) is 56.4 Å². The van der Waals surface area contributed by atoms with Gasteiger partial charge in [-0.1, -0.05) is 43.0 Å². The summed E-state index contributed by atoms with van der Waals surface area (Å²) in [5.41, 5.74) is 2.28. The van der Waals surface area contributed by atoms with E-state index < -0.39 is 16.1 Å². The predicted octanol–water partition coefficient (Wildman–Crippen LogP) is 3.30. The van der Waals surface area contributed by atoms with Gasteiger partial charge in [0.05, 0.1) is 17.6 Å². The maximum absolute atomic E-state index is 12.5. The molecule has 1 aliphatic carbocycles. The molecule has 0 bridgehead atoms. The van der Waals surface area contributed by atoms with E-state index in [0.717, 1.165) is 43.2 Å². The number of nitrogens with one attached hydrogen (secondary N) is 3. The Kier molecular flexibility index (Phi) is 8.32. The third-order valence-corrected chi connectivity index (χ3v) is 7.05. The Morgan fingerprint density at radius 1 is 1.03 bits per heavy atom. The molecule has 178 valence electrons. The van der Waals surface area contributed by atoms with Gasteiger partial charge in [-0.3, -0.25) is 4.79 Å². The van der Waals surface area contributed by atoms with Crippen molar-refractivity contribution < 1.29 is 22.7 Å². The second-order valence-electron chi connectivity index (χ2n) is 8.27. The van der Waals surface area contributed by atoms with E-state index in [-0.39, 0.29) is 16.8 Å². The van der Waals surface area contributed by atoms with Crippen LogP contribution in [-0.2, 0) is 16.4 Å². The van der Waals surface area contributed by atoms with Crippen molar-refractivity contribution >= 4 is 22.0 Å². The quantitative estimate of drug-likeness (QED) is 0.544. The average Bonchev–Trinajstić information content (AvgIpc) is 2.79. The van der Waals surface area contributed by atoms with Crippen LogP contribution in [0.2, 0.25) is 0 Å². The number of amides is 3. The molecule has 3 rings (SSSR count). The van der Waals surface area contributed by atoms with E-state index in [1.165, 1.54) is 19.2 Å². The summed E-state index contributed by atoms with van der Waals surface area (Å²) in [5, 5.41) is 5.60. The Balaban J connectivity index is 1.51. The first-order valence-corrected chi connectivity index (χ1v) is 12.6. The van der Waals surface area contributed by atoms with Crippen molar-refractivity contribution in [1.82, 2.24) is 15.4 Å². The highest BCUT2D eigenvalue weighted by molar-refractivity contribution is 7.90. The van der Waals surface area contributed by atoms with Gasteiger partial charge < -0.3 is 15.4 Å². The molecule has 3 N–H and O–H groups in total. The van der Waals surface area contributed by atoms with E-state index in [9.17, 15) is 18.0 Å². The molecule has 9 heteroatoms. The first-order chi connectivity index (χ1) is 15.8. The zero-order valence-corrected chi connectivity index (χ0v) is 19.8. The molecule has 0 heterocycles. The number of sulfonamides is 1. The number of hydrogen-bond donors (Lipinski definition) is 3. The highest BCUT2D eigenvalue weighted by Gasteiger charge is 2.21. The lowest BCUT2D eigenvalue weighted by atomic mass is 9.96. The van der Waals surface area contributed by atoms with Crippen molar-refractivity contribution in [1.29, 1.82) is 0 Å². The summed E-state index contributed by atoms with van der Waals surface area (Å²) in [5.74, 6) is 0.274. The van der Waals surface area contributed by atoms with E-state index in [1.54, 1.807) is 24.3 Å².